The molecule has 1 saturated heterocycles. The minimum absolute atomic E-state index is 0.00788. The van der Waals surface area contributed by atoms with Gasteiger partial charge in [0.25, 0.3) is 5.91 Å². The zero-order valence-corrected chi connectivity index (χ0v) is 12.3. The Kier molecular flexibility index (Phi) is 5.12. The Morgan fingerprint density at radius 1 is 1.23 bits per heavy atom. The van der Waals surface area contributed by atoms with Gasteiger partial charge in [0.05, 0.1) is 6.42 Å². The van der Waals surface area contributed by atoms with Crippen molar-refractivity contribution in [2.45, 2.75) is 19.9 Å². The Morgan fingerprint density at radius 2 is 1.86 bits per heavy atom. The van der Waals surface area contributed by atoms with E-state index in [1.165, 1.54) is 24.0 Å². The summed E-state index contributed by atoms with van der Waals surface area (Å²) in [5, 5.41) is 8.65. The van der Waals surface area contributed by atoms with Crippen LogP contribution >= 0.6 is 0 Å². The summed E-state index contributed by atoms with van der Waals surface area (Å²) >= 11 is 0. The molecule has 0 radical (unpaired) electrons. The lowest BCUT2D eigenvalue weighted by Crippen LogP contribution is -2.49. The van der Waals surface area contributed by atoms with Gasteiger partial charge in [-0.25, -0.2) is 0 Å². The normalized spacial score (nSPS) is 16.3. The van der Waals surface area contributed by atoms with Crippen LogP contribution in [0.3, 0.4) is 0 Å². The predicted molar refractivity (Wildman–Crippen MR) is 75.0 cm³/mol. The van der Waals surface area contributed by atoms with E-state index < -0.39 is 18.4 Å². The van der Waals surface area contributed by atoms with Gasteiger partial charge in [-0.1, -0.05) is 0 Å². The van der Waals surface area contributed by atoms with Crippen molar-refractivity contribution in [2.75, 3.05) is 32.7 Å². The second-order valence-electron chi connectivity index (χ2n) is 5.29. The van der Waals surface area contributed by atoms with E-state index in [0.717, 1.165) is 4.57 Å². The summed E-state index contributed by atoms with van der Waals surface area (Å²) in [5.41, 5.74) is 0.338. The molecule has 2 heterocycles. The lowest BCUT2D eigenvalue weighted by Gasteiger charge is -2.34. The van der Waals surface area contributed by atoms with Crippen molar-refractivity contribution in [3.05, 3.63) is 23.5 Å². The Morgan fingerprint density at radius 3 is 2.41 bits per heavy atom. The van der Waals surface area contributed by atoms with Gasteiger partial charge in [0.15, 0.2) is 0 Å². The van der Waals surface area contributed by atoms with Crippen LogP contribution in [-0.4, -0.2) is 64.1 Å². The molecular weight excluding hydrogens is 296 g/mol. The van der Waals surface area contributed by atoms with Crippen molar-refractivity contribution in [1.29, 1.82) is 0 Å². The van der Waals surface area contributed by atoms with Gasteiger partial charge in [-0.15, -0.1) is 0 Å². The largest absolute Gasteiger partial charge is 0.481 e. The average Bonchev–Trinajstić information content (AvgIpc) is 2.86. The van der Waals surface area contributed by atoms with Crippen LogP contribution < -0.4 is 0 Å². The summed E-state index contributed by atoms with van der Waals surface area (Å²) in [5.74, 6) is -1.27. The third kappa shape index (κ3) is 3.62. The van der Waals surface area contributed by atoms with Gasteiger partial charge in [0.1, 0.15) is 5.69 Å². The summed E-state index contributed by atoms with van der Waals surface area (Å²) in [6, 6.07) is 2.92. The van der Waals surface area contributed by atoms with Crippen LogP contribution in [0.5, 0.6) is 0 Å². The summed E-state index contributed by atoms with van der Waals surface area (Å²) in [6.45, 7) is 1.14. The molecule has 1 amide bonds. The highest BCUT2D eigenvalue weighted by atomic mass is 19.3. The fourth-order valence-electron chi connectivity index (χ4n) is 2.57. The predicted octanol–water partition coefficient (Wildman–Crippen LogP) is 1.42. The molecule has 0 unspecified atom stereocenters. The first-order chi connectivity index (χ1) is 10.4. The van der Waals surface area contributed by atoms with Crippen LogP contribution in [0, 0.1) is 6.92 Å². The highest BCUT2D eigenvalue weighted by molar-refractivity contribution is 5.93. The van der Waals surface area contributed by atoms with Crippen LogP contribution in [0.25, 0.3) is 0 Å². The van der Waals surface area contributed by atoms with Crippen molar-refractivity contribution < 1.29 is 23.5 Å². The van der Waals surface area contributed by atoms with E-state index in [2.05, 4.69) is 0 Å². The number of alkyl halides is 2. The Hall–Kier alpha value is -1.96. The summed E-state index contributed by atoms with van der Waals surface area (Å²) in [4.78, 5) is 26.4. The minimum Gasteiger partial charge on any atom is -0.481 e. The number of rotatable bonds is 5. The van der Waals surface area contributed by atoms with Crippen molar-refractivity contribution >= 4 is 11.9 Å². The smallest absolute Gasteiger partial charge is 0.319 e. The van der Waals surface area contributed by atoms with Crippen molar-refractivity contribution in [1.82, 2.24) is 14.4 Å². The molecule has 1 aromatic rings. The molecular formula is C14H19F2N3O3. The van der Waals surface area contributed by atoms with Crippen LogP contribution in [0.15, 0.2) is 12.1 Å². The number of hydrogen-bond donors (Lipinski definition) is 1. The van der Waals surface area contributed by atoms with E-state index in [-0.39, 0.29) is 12.1 Å². The third-order valence-corrected chi connectivity index (χ3v) is 3.84. The molecule has 1 aliphatic rings. The molecule has 0 saturated carbocycles. The molecule has 0 bridgehead atoms. The molecule has 2 rings (SSSR count). The summed E-state index contributed by atoms with van der Waals surface area (Å²) in [6.07, 6.45) is 0.0569. The van der Waals surface area contributed by atoms with Crippen LogP contribution in [0.4, 0.5) is 8.78 Å². The van der Waals surface area contributed by atoms with E-state index in [1.54, 1.807) is 0 Å². The van der Waals surface area contributed by atoms with E-state index in [9.17, 15) is 18.4 Å². The summed E-state index contributed by atoms with van der Waals surface area (Å²) < 4.78 is 26.8. The number of hydrogen-bond acceptors (Lipinski definition) is 3. The topological polar surface area (TPSA) is 65.8 Å². The molecule has 6 nitrogen and oxygen atoms in total. The van der Waals surface area contributed by atoms with E-state index >= 15 is 0 Å². The standard InChI is InChI=1S/C14H19F2N3O3/c1-10-2-3-11(19(10)14(15)16)13(22)18-8-6-17(7-9-18)5-4-12(20)21/h2-3,14H,4-9H2,1H3,(H,20,21). The first-order valence-electron chi connectivity index (χ1n) is 7.09. The first kappa shape index (κ1) is 16.4. The van der Waals surface area contributed by atoms with Gasteiger partial charge in [0.2, 0.25) is 0 Å². The van der Waals surface area contributed by atoms with E-state index in [1.807, 2.05) is 4.90 Å². The van der Waals surface area contributed by atoms with Crippen LogP contribution in [0.1, 0.15) is 29.2 Å². The Labute approximate surface area is 126 Å². The highest BCUT2D eigenvalue weighted by Crippen LogP contribution is 2.20. The highest BCUT2D eigenvalue weighted by Gasteiger charge is 2.26. The number of carbonyl (C=O) groups is 2. The van der Waals surface area contributed by atoms with Crippen molar-refractivity contribution in [3.63, 3.8) is 0 Å². The fourth-order valence-corrected chi connectivity index (χ4v) is 2.57. The second-order valence-corrected chi connectivity index (χ2v) is 5.29. The molecule has 22 heavy (non-hydrogen) atoms. The van der Waals surface area contributed by atoms with E-state index in [4.69, 9.17) is 5.11 Å². The van der Waals surface area contributed by atoms with Gasteiger partial charge in [-0.2, -0.15) is 8.78 Å². The lowest BCUT2D eigenvalue weighted by atomic mass is 10.2. The first-order valence-corrected chi connectivity index (χ1v) is 7.09. The SMILES string of the molecule is Cc1ccc(C(=O)N2CCN(CCC(=O)O)CC2)n1C(F)F. The number of aromatic nitrogens is 1. The number of halogens is 2. The molecule has 0 spiro atoms. The van der Waals surface area contributed by atoms with Gasteiger partial charge >= 0.3 is 12.5 Å². The Balaban J connectivity index is 1.97. The van der Waals surface area contributed by atoms with Crippen LogP contribution in [-0.2, 0) is 4.79 Å². The number of aryl methyl sites for hydroxylation is 1. The summed E-state index contributed by atoms with van der Waals surface area (Å²) in [7, 11) is 0. The second kappa shape index (κ2) is 6.87. The van der Waals surface area contributed by atoms with Crippen molar-refractivity contribution in [3.8, 4) is 0 Å². The monoisotopic (exact) mass is 315 g/mol. The molecule has 1 N–H and O–H groups in total. The maximum Gasteiger partial charge on any atom is 0.319 e. The number of nitrogens with zero attached hydrogens (tertiary/aromatic N) is 3. The molecule has 122 valence electrons. The number of amides is 1. The van der Waals surface area contributed by atoms with Gasteiger partial charge in [-0.05, 0) is 19.1 Å². The molecule has 8 heteroatoms. The quantitative estimate of drug-likeness (QED) is 0.892. The average molecular weight is 315 g/mol. The molecule has 1 aromatic heterocycles. The van der Waals surface area contributed by atoms with E-state index in [0.29, 0.717) is 38.4 Å². The molecule has 0 aromatic carbocycles. The minimum atomic E-state index is -2.74. The number of carboxylic acid groups (broad SMARTS) is 1. The molecule has 0 atom stereocenters. The fraction of sp³-hybridized carbons (Fsp3) is 0.571. The zero-order valence-electron chi connectivity index (χ0n) is 12.3. The number of piperazine rings is 1. The molecule has 1 fully saturated rings. The maximum atomic E-state index is 13.0. The van der Waals surface area contributed by atoms with Gasteiger partial charge in [-0.3, -0.25) is 19.1 Å². The lowest BCUT2D eigenvalue weighted by molar-refractivity contribution is -0.137. The number of carboxylic acids is 1. The number of carbonyl (C=O) groups excluding carboxylic acids is 1. The van der Waals surface area contributed by atoms with Gasteiger partial charge in [0, 0.05) is 38.4 Å². The van der Waals surface area contributed by atoms with Gasteiger partial charge < -0.3 is 10.0 Å². The zero-order chi connectivity index (χ0) is 16.3. The number of aliphatic carboxylic acids is 1. The maximum absolute atomic E-state index is 13.0. The third-order valence-electron chi connectivity index (χ3n) is 3.84. The van der Waals surface area contributed by atoms with Crippen molar-refractivity contribution in [2.24, 2.45) is 0 Å². The Bertz CT molecular complexity index is 552. The molecule has 0 aliphatic carbocycles. The molecule has 1 aliphatic heterocycles. The van der Waals surface area contributed by atoms with Crippen LogP contribution in [0.2, 0.25) is 0 Å².